The highest BCUT2D eigenvalue weighted by molar-refractivity contribution is 5.95. The molecule has 1 fully saturated rings. The Morgan fingerprint density at radius 2 is 2.20 bits per heavy atom. The molecule has 0 heterocycles. The Hall–Kier alpha value is -1.35. The van der Waals surface area contributed by atoms with Crippen molar-refractivity contribution in [2.75, 3.05) is 0 Å². The van der Waals surface area contributed by atoms with Gasteiger partial charge in [-0.25, -0.2) is 0 Å². The number of rotatable bonds is 5. The molecular weight excluding hydrogens is 248 g/mol. The Bertz CT molecular complexity index is 470. The predicted molar refractivity (Wildman–Crippen MR) is 83.0 cm³/mol. The zero-order valence-electron chi connectivity index (χ0n) is 12.6. The van der Waals surface area contributed by atoms with Crippen LogP contribution in [0.15, 0.2) is 18.2 Å². The lowest BCUT2D eigenvalue weighted by Crippen LogP contribution is -2.22. The van der Waals surface area contributed by atoms with E-state index >= 15 is 0 Å². The second kappa shape index (κ2) is 6.89. The lowest BCUT2D eigenvalue weighted by Gasteiger charge is -2.28. The van der Waals surface area contributed by atoms with Crippen LogP contribution in [-0.2, 0) is 11.3 Å². The normalized spacial score (nSPS) is 22.7. The fourth-order valence-electron chi connectivity index (χ4n) is 3.00. The zero-order chi connectivity index (χ0) is 14.5. The highest BCUT2D eigenvalue weighted by Crippen LogP contribution is 2.29. The Morgan fingerprint density at radius 1 is 1.40 bits per heavy atom. The van der Waals surface area contributed by atoms with Crippen molar-refractivity contribution >= 4 is 5.84 Å². The van der Waals surface area contributed by atoms with E-state index in [1.807, 2.05) is 18.2 Å². The van der Waals surface area contributed by atoms with E-state index in [0.29, 0.717) is 12.7 Å². The summed E-state index contributed by atoms with van der Waals surface area (Å²) in [6.07, 6.45) is 6.75. The standard InChI is InChI=1S/C17H26N2O/c1-3-13-5-4-6-16(10-13)20-11-15-8-7-14(17(18)19)9-12(15)2/h7-9,13,16H,3-6,10-11H2,1-2H3,(H3,18,19). The SMILES string of the molecule is CCC1CCCC(OCc2ccc(C(=N)N)cc2C)C1. The number of nitrogens with one attached hydrogen (secondary N) is 1. The van der Waals surface area contributed by atoms with Crippen LogP contribution in [0.2, 0.25) is 0 Å². The van der Waals surface area contributed by atoms with Crippen molar-refractivity contribution in [2.45, 2.75) is 58.7 Å². The van der Waals surface area contributed by atoms with Gasteiger partial charge in [0.05, 0.1) is 12.7 Å². The van der Waals surface area contributed by atoms with Gasteiger partial charge in [0.25, 0.3) is 0 Å². The molecule has 2 rings (SSSR count). The minimum atomic E-state index is 0.124. The van der Waals surface area contributed by atoms with E-state index in [2.05, 4.69) is 13.8 Å². The molecule has 1 saturated carbocycles. The minimum Gasteiger partial charge on any atom is -0.384 e. The molecule has 0 bridgehead atoms. The molecule has 0 spiro atoms. The van der Waals surface area contributed by atoms with Crippen molar-refractivity contribution < 1.29 is 4.74 Å². The average Bonchev–Trinajstić information content (AvgIpc) is 2.46. The number of benzene rings is 1. The van der Waals surface area contributed by atoms with Crippen molar-refractivity contribution in [1.29, 1.82) is 5.41 Å². The van der Waals surface area contributed by atoms with Crippen LogP contribution in [0, 0.1) is 18.3 Å². The van der Waals surface area contributed by atoms with Gasteiger partial charge in [-0.05, 0) is 42.9 Å². The molecule has 2 unspecified atom stereocenters. The molecule has 3 heteroatoms. The van der Waals surface area contributed by atoms with Crippen molar-refractivity contribution in [2.24, 2.45) is 11.7 Å². The molecule has 110 valence electrons. The largest absolute Gasteiger partial charge is 0.384 e. The summed E-state index contributed by atoms with van der Waals surface area (Å²) in [6.45, 7) is 5.00. The van der Waals surface area contributed by atoms with Crippen molar-refractivity contribution in [3.63, 3.8) is 0 Å². The van der Waals surface area contributed by atoms with Crippen molar-refractivity contribution in [3.8, 4) is 0 Å². The van der Waals surface area contributed by atoms with Crippen LogP contribution in [0.25, 0.3) is 0 Å². The molecule has 1 aliphatic carbocycles. The van der Waals surface area contributed by atoms with Gasteiger partial charge in [-0.3, -0.25) is 5.41 Å². The topological polar surface area (TPSA) is 59.1 Å². The van der Waals surface area contributed by atoms with Gasteiger partial charge in [0.15, 0.2) is 0 Å². The number of nitrogen functional groups attached to an aromatic ring is 1. The fraction of sp³-hybridized carbons (Fsp3) is 0.588. The lowest BCUT2D eigenvalue weighted by molar-refractivity contribution is 0.00158. The molecule has 0 aliphatic heterocycles. The molecule has 1 aliphatic rings. The fourth-order valence-corrected chi connectivity index (χ4v) is 3.00. The Kier molecular flexibility index (Phi) is 5.18. The Labute approximate surface area is 122 Å². The quantitative estimate of drug-likeness (QED) is 0.634. The number of hydrogen-bond donors (Lipinski definition) is 2. The summed E-state index contributed by atoms with van der Waals surface area (Å²) < 4.78 is 6.10. The number of amidine groups is 1. The first kappa shape index (κ1) is 15.0. The predicted octanol–water partition coefficient (Wildman–Crippen LogP) is 3.76. The number of nitrogens with two attached hydrogens (primary N) is 1. The maximum atomic E-state index is 7.45. The second-order valence-corrected chi connectivity index (χ2v) is 5.93. The molecule has 1 aromatic carbocycles. The van der Waals surface area contributed by atoms with Crippen molar-refractivity contribution in [3.05, 3.63) is 34.9 Å². The van der Waals surface area contributed by atoms with Crippen LogP contribution in [0.3, 0.4) is 0 Å². The smallest absolute Gasteiger partial charge is 0.122 e. The monoisotopic (exact) mass is 274 g/mol. The molecule has 1 aromatic rings. The van der Waals surface area contributed by atoms with Gasteiger partial charge in [0, 0.05) is 5.56 Å². The number of ether oxygens (including phenoxy) is 1. The van der Waals surface area contributed by atoms with Crippen LogP contribution in [0.5, 0.6) is 0 Å². The summed E-state index contributed by atoms with van der Waals surface area (Å²) in [7, 11) is 0. The third kappa shape index (κ3) is 3.83. The zero-order valence-corrected chi connectivity index (χ0v) is 12.6. The summed E-state index contributed by atoms with van der Waals surface area (Å²) in [5.74, 6) is 0.966. The van der Waals surface area contributed by atoms with Crippen LogP contribution in [0.1, 0.15) is 55.7 Å². The first-order valence-electron chi connectivity index (χ1n) is 7.65. The minimum absolute atomic E-state index is 0.124. The third-order valence-corrected chi connectivity index (χ3v) is 4.44. The molecule has 0 amide bonds. The third-order valence-electron chi connectivity index (χ3n) is 4.44. The molecule has 2 atom stereocenters. The van der Waals surface area contributed by atoms with Gasteiger partial charge in [-0.1, -0.05) is 38.3 Å². The van der Waals surface area contributed by atoms with Crippen molar-refractivity contribution in [1.82, 2.24) is 0 Å². The summed E-state index contributed by atoms with van der Waals surface area (Å²) in [4.78, 5) is 0. The maximum Gasteiger partial charge on any atom is 0.122 e. The second-order valence-electron chi connectivity index (χ2n) is 5.93. The number of hydrogen-bond acceptors (Lipinski definition) is 2. The lowest BCUT2D eigenvalue weighted by atomic mass is 9.85. The van der Waals surface area contributed by atoms with E-state index in [4.69, 9.17) is 15.9 Å². The molecule has 3 nitrogen and oxygen atoms in total. The number of aryl methyl sites for hydroxylation is 1. The Morgan fingerprint density at radius 3 is 2.85 bits per heavy atom. The van der Waals surface area contributed by atoms with Gasteiger partial charge in [-0.2, -0.15) is 0 Å². The van der Waals surface area contributed by atoms with Gasteiger partial charge in [-0.15, -0.1) is 0 Å². The Balaban J connectivity index is 1.92. The van der Waals surface area contributed by atoms with E-state index in [9.17, 15) is 0 Å². The van der Waals surface area contributed by atoms with Gasteiger partial charge >= 0.3 is 0 Å². The average molecular weight is 274 g/mol. The van der Waals surface area contributed by atoms with Crippen LogP contribution in [-0.4, -0.2) is 11.9 Å². The van der Waals surface area contributed by atoms with E-state index in [1.165, 1.54) is 37.7 Å². The van der Waals surface area contributed by atoms with E-state index in [-0.39, 0.29) is 5.84 Å². The van der Waals surface area contributed by atoms with Crippen LogP contribution >= 0.6 is 0 Å². The van der Waals surface area contributed by atoms with E-state index in [0.717, 1.165) is 17.0 Å². The molecule has 0 saturated heterocycles. The van der Waals surface area contributed by atoms with E-state index in [1.54, 1.807) is 0 Å². The highest BCUT2D eigenvalue weighted by atomic mass is 16.5. The molecule has 0 radical (unpaired) electrons. The van der Waals surface area contributed by atoms with Gasteiger partial charge in [0.2, 0.25) is 0 Å². The summed E-state index contributed by atoms with van der Waals surface area (Å²) in [5.41, 5.74) is 8.65. The van der Waals surface area contributed by atoms with Gasteiger partial charge in [0.1, 0.15) is 5.84 Å². The molecular formula is C17H26N2O. The summed E-state index contributed by atoms with van der Waals surface area (Å²) in [5, 5.41) is 7.45. The summed E-state index contributed by atoms with van der Waals surface area (Å²) >= 11 is 0. The molecule has 3 N–H and O–H groups in total. The van der Waals surface area contributed by atoms with Gasteiger partial charge < -0.3 is 10.5 Å². The molecule has 0 aromatic heterocycles. The maximum absolute atomic E-state index is 7.45. The van der Waals surface area contributed by atoms with Crippen LogP contribution in [0.4, 0.5) is 0 Å². The first-order chi connectivity index (χ1) is 9.60. The van der Waals surface area contributed by atoms with Crippen LogP contribution < -0.4 is 5.73 Å². The highest BCUT2D eigenvalue weighted by Gasteiger charge is 2.21. The summed E-state index contributed by atoms with van der Waals surface area (Å²) in [6, 6.07) is 5.91. The van der Waals surface area contributed by atoms with E-state index < -0.39 is 0 Å². The molecule has 20 heavy (non-hydrogen) atoms. The first-order valence-corrected chi connectivity index (χ1v) is 7.65.